The minimum atomic E-state index is -1.08. The molecule has 6 nitrogen and oxygen atoms in total. The van der Waals surface area contributed by atoms with Crippen molar-refractivity contribution in [2.45, 2.75) is 64.0 Å². The first-order chi connectivity index (χ1) is 13.0. The lowest BCUT2D eigenvalue weighted by Crippen LogP contribution is -2.48. The standard InChI is InChI=1S/C21H29N3O3/c1-3-21(16-11-7-5-8-12-16)19(26)24(20(27)22-21)15-18(25)23(4-2)17-13-9-6-10-14-17/h5,7-8,11-12,17H,3-4,6,9-10,13-15H2,1-2H3,(H,22,27). The molecule has 1 N–H and O–H groups in total. The topological polar surface area (TPSA) is 69.7 Å². The Morgan fingerprint density at radius 3 is 2.41 bits per heavy atom. The highest BCUT2D eigenvalue weighted by atomic mass is 16.2. The summed E-state index contributed by atoms with van der Waals surface area (Å²) in [5.41, 5.74) is -0.332. The van der Waals surface area contributed by atoms with Gasteiger partial charge in [0.15, 0.2) is 0 Å². The average molecular weight is 371 g/mol. The van der Waals surface area contributed by atoms with Gasteiger partial charge in [-0.15, -0.1) is 0 Å². The van der Waals surface area contributed by atoms with E-state index in [9.17, 15) is 14.4 Å². The second kappa shape index (κ2) is 8.11. The summed E-state index contributed by atoms with van der Waals surface area (Å²) in [5, 5.41) is 2.84. The van der Waals surface area contributed by atoms with Crippen LogP contribution in [0.25, 0.3) is 0 Å². The minimum Gasteiger partial charge on any atom is -0.338 e. The Balaban J connectivity index is 1.77. The first kappa shape index (κ1) is 19.4. The van der Waals surface area contributed by atoms with Crippen LogP contribution in [0.15, 0.2) is 30.3 Å². The van der Waals surface area contributed by atoms with Crippen LogP contribution in [0.1, 0.15) is 57.9 Å². The fourth-order valence-electron chi connectivity index (χ4n) is 4.39. The van der Waals surface area contributed by atoms with Gasteiger partial charge < -0.3 is 10.2 Å². The monoisotopic (exact) mass is 371 g/mol. The van der Waals surface area contributed by atoms with Gasteiger partial charge in [0.1, 0.15) is 12.1 Å². The molecule has 0 spiro atoms. The Bertz CT molecular complexity index is 700. The third kappa shape index (κ3) is 3.57. The maximum atomic E-state index is 13.2. The van der Waals surface area contributed by atoms with Crippen LogP contribution in [0.2, 0.25) is 0 Å². The molecule has 1 atom stereocenters. The third-order valence-electron chi connectivity index (χ3n) is 5.94. The van der Waals surface area contributed by atoms with Crippen molar-refractivity contribution in [3.8, 4) is 0 Å². The number of urea groups is 1. The molecule has 0 radical (unpaired) electrons. The zero-order valence-electron chi connectivity index (χ0n) is 16.2. The molecule has 1 heterocycles. The molecule has 0 aromatic heterocycles. The van der Waals surface area contributed by atoms with Crippen LogP contribution in [0.5, 0.6) is 0 Å². The largest absolute Gasteiger partial charge is 0.338 e. The number of carbonyl (C=O) groups is 3. The summed E-state index contributed by atoms with van der Waals surface area (Å²) in [7, 11) is 0. The molecule has 27 heavy (non-hydrogen) atoms. The third-order valence-corrected chi connectivity index (χ3v) is 5.94. The average Bonchev–Trinajstić information content (AvgIpc) is 2.95. The highest BCUT2D eigenvalue weighted by Gasteiger charge is 2.51. The van der Waals surface area contributed by atoms with Gasteiger partial charge in [0, 0.05) is 12.6 Å². The van der Waals surface area contributed by atoms with E-state index in [1.165, 1.54) is 6.42 Å². The summed E-state index contributed by atoms with van der Waals surface area (Å²) < 4.78 is 0. The van der Waals surface area contributed by atoms with Crippen LogP contribution < -0.4 is 5.32 Å². The number of imide groups is 1. The number of amides is 4. The normalized spacial score (nSPS) is 23.4. The zero-order valence-corrected chi connectivity index (χ0v) is 16.2. The molecule has 0 bridgehead atoms. The van der Waals surface area contributed by atoms with Gasteiger partial charge in [-0.1, -0.05) is 56.5 Å². The van der Waals surface area contributed by atoms with Crippen molar-refractivity contribution in [2.75, 3.05) is 13.1 Å². The van der Waals surface area contributed by atoms with Crippen molar-refractivity contribution in [3.05, 3.63) is 35.9 Å². The summed E-state index contributed by atoms with van der Waals surface area (Å²) in [5.74, 6) is -0.484. The number of benzene rings is 1. The lowest BCUT2D eigenvalue weighted by Gasteiger charge is -2.34. The molecule has 1 aliphatic heterocycles. The molecule has 1 unspecified atom stereocenters. The molecule has 1 aromatic rings. The van der Waals surface area contributed by atoms with Crippen LogP contribution in [0.3, 0.4) is 0 Å². The molecule has 2 fully saturated rings. The van der Waals surface area contributed by atoms with E-state index in [-0.39, 0.29) is 24.4 Å². The Hall–Kier alpha value is -2.37. The van der Waals surface area contributed by atoms with Gasteiger partial charge in [0.25, 0.3) is 5.91 Å². The Kier molecular flexibility index (Phi) is 5.82. The van der Waals surface area contributed by atoms with Gasteiger partial charge in [0.05, 0.1) is 0 Å². The highest BCUT2D eigenvalue weighted by Crippen LogP contribution is 2.32. The number of likely N-dealkylation sites (N-methyl/N-ethyl adjacent to an activating group) is 1. The molecule has 4 amide bonds. The van der Waals surface area contributed by atoms with Crippen molar-refractivity contribution in [3.63, 3.8) is 0 Å². The molecule has 2 aliphatic rings. The molecule has 1 aromatic carbocycles. The van der Waals surface area contributed by atoms with Gasteiger partial charge in [-0.2, -0.15) is 0 Å². The Morgan fingerprint density at radius 1 is 1.15 bits per heavy atom. The van der Waals surface area contributed by atoms with Crippen molar-refractivity contribution < 1.29 is 14.4 Å². The SMILES string of the molecule is CCN(C(=O)CN1C(=O)NC(CC)(c2ccccc2)C1=O)C1CCCCC1. The number of hydrogen-bond donors (Lipinski definition) is 1. The number of nitrogens with one attached hydrogen (secondary N) is 1. The lowest BCUT2D eigenvalue weighted by molar-refractivity contribution is -0.140. The molecule has 1 aliphatic carbocycles. The minimum absolute atomic E-state index is 0.145. The van der Waals surface area contributed by atoms with Crippen LogP contribution in [0, 0.1) is 0 Å². The van der Waals surface area contributed by atoms with E-state index in [4.69, 9.17) is 0 Å². The summed E-state index contributed by atoms with van der Waals surface area (Å²) in [6, 6.07) is 8.99. The summed E-state index contributed by atoms with van der Waals surface area (Å²) >= 11 is 0. The van der Waals surface area contributed by atoms with Crippen molar-refractivity contribution in [1.82, 2.24) is 15.1 Å². The van der Waals surface area contributed by atoms with E-state index in [0.717, 1.165) is 36.1 Å². The Morgan fingerprint density at radius 2 is 1.81 bits per heavy atom. The van der Waals surface area contributed by atoms with Crippen molar-refractivity contribution in [2.24, 2.45) is 0 Å². The Labute approximate surface area is 160 Å². The maximum Gasteiger partial charge on any atom is 0.325 e. The van der Waals surface area contributed by atoms with E-state index < -0.39 is 11.6 Å². The van der Waals surface area contributed by atoms with Crippen LogP contribution >= 0.6 is 0 Å². The molecular weight excluding hydrogens is 342 g/mol. The predicted octanol–water partition coefficient (Wildman–Crippen LogP) is 3.02. The van der Waals surface area contributed by atoms with Crippen LogP contribution in [-0.2, 0) is 15.1 Å². The zero-order chi connectivity index (χ0) is 19.4. The van der Waals surface area contributed by atoms with Gasteiger partial charge in [0.2, 0.25) is 5.91 Å². The lowest BCUT2D eigenvalue weighted by atomic mass is 9.87. The number of nitrogens with zero attached hydrogens (tertiary/aromatic N) is 2. The highest BCUT2D eigenvalue weighted by molar-refractivity contribution is 6.09. The first-order valence-electron chi connectivity index (χ1n) is 10.0. The van der Waals surface area contributed by atoms with E-state index in [0.29, 0.717) is 13.0 Å². The van der Waals surface area contributed by atoms with Gasteiger partial charge in [-0.25, -0.2) is 4.79 Å². The summed E-state index contributed by atoms with van der Waals surface area (Å²) in [6.45, 7) is 4.24. The fraction of sp³-hybridized carbons (Fsp3) is 0.571. The van der Waals surface area contributed by atoms with E-state index in [1.54, 1.807) is 0 Å². The van der Waals surface area contributed by atoms with E-state index in [1.807, 2.05) is 49.1 Å². The summed E-state index contributed by atoms with van der Waals surface area (Å²) in [6.07, 6.45) is 5.91. The molecule has 146 valence electrons. The fourth-order valence-corrected chi connectivity index (χ4v) is 4.39. The number of hydrogen-bond acceptors (Lipinski definition) is 3. The molecule has 6 heteroatoms. The van der Waals surface area contributed by atoms with Crippen molar-refractivity contribution in [1.29, 1.82) is 0 Å². The number of rotatable bonds is 6. The molecule has 1 saturated heterocycles. The smallest absolute Gasteiger partial charge is 0.325 e. The van der Waals surface area contributed by atoms with E-state index >= 15 is 0 Å². The second-order valence-electron chi connectivity index (χ2n) is 7.42. The van der Waals surface area contributed by atoms with Gasteiger partial charge >= 0.3 is 6.03 Å². The molecule has 1 saturated carbocycles. The van der Waals surface area contributed by atoms with Crippen LogP contribution in [0.4, 0.5) is 4.79 Å². The van der Waals surface area contributed by atoms with Crippen LogP contribution in [-0.4, -0.2) is 46.8 Å². The molecular formula is C21H29N3O3. The first-order valence-corrected chi connectivity index (χ1v) is 10.0. The van der Waals surface area contributed by atoms with E-state index in [2.05, 4.69) is 5.32 Å². The number of carbonyl (C=O) groups excluding carboxylic acids is 3. The predicted molar refractivity (Wildman–Crippen MR) is 103 cm³/mol. The summed E-state index contributed by atoms with van der Waals surface area (Å²) in [4.78, 5) is 41.6. The van der Waals surface area contributed by atoms with Crippen molar-refractivity contribution >= 4 is 17.8 Å². The molecule has 3 rings (SSSR count). The van der Waals surface area contributed by atoms with Gasteiger partial charge in [-0.05, 0) is 31.7 Å². The second-order valence-corrected chi connectivity index (χ2v) is 7.42. The maximum absolute atomic E-state index is 13.2. The quantitative estimate of drug-likeness (QED) is 0.782. The van der Waals surface area contributed by atoms with Gasteiger partial charge in [-0.3, -0.25) is 14.5 Å².